The highest BCUT2D eigenvalue weighted by Crippen LogP contribution is 2.26. The summed E-state index contributed by atoms with van der Waals surface area (Å²) in [5, 5.41) is 4.11. The molecule has 1 aromatic carbocycles. The lowest BCUT2D eigenvalue weighted by molar-refractivity contribution is -0.136. The van der Waals surface area contributed by atoms with Crippen molar-refractivity contribution in [2.45, 2.75) is 37.8 Å². The van der Waals surface area contributed by atoms with Gasteiger partial charge < -0.3 is 15.1 Å². The lowest BCUT2D eigenvalue weighted by atomic mass is 10.0. The Morgan fingerprint density at radius 2 is 1.65 bits per heavy atom. The summed E-state index contributed by atoms with van der Waals surface area (Å²) < 4.78 is 0. The predicted molar refractivity (Wildman–Crippen MR) is 106 cm³/mol. The number of rotatable bonds is 3. The van der Waals surface area contributed by atoms with Crippen molar-refractivity contribution in [3.05, 3.63) is 33.8 Å². The lowest BCUT2D eigenvalue weighted by Gasteiger charge is -2.35. The fourth-order valence-electron chi connectivity index (χ4n) is 3.71. The van der Waals surface area contributed by atoms with Crippen molar-refractivity contribution in [1.29, 1.82) is 0 Å². The normalized spacial score (nSPS) is 20.8. The minimum Gasteiger partial charge on any atom is -0.341 e. The third-order valence-corrected chi connectivity index (χ3v) is 5.56. The van der Waals surface area contributed by atoms with Crippen molar-refractivity contribution >= 4 is 47.4 Å². The van der Waals surface area contributed by atoms with Gasteiger partial charge in [-0.25, -0.2) is 0 Å². The van der Waals surface area contributed by atoms with E-state index in [4.69, 9.17) is 23.2 Å². The molecule has 8 heteroatoms. The van der Waals surface area contributed by atoms with Gasteiger partial charge in [-0.1, -0.05) is 23.2 Å². The number of hydrogen-bond acceptors (Lipinski definition) is 3. The number of amides is 2. The van der Waals surface area contributed by atoms with Crippen LogP contribution in [-0.2, 0) is 4.79 Å². The second-order valence-electron chi connectivity index (χ2n) is 6.70. The molecule has 0 saturated carbocycles. The minimum atomic E-state index is -0.378. The second kappa shape index (κ2) is 9.27. The Hall–Kier alpha value is -1.01. The van der Waals surface area contributed by atoms with E-state index in [2.05, 4.69) is 5.32 Å². The van der Waals surface area contributed by atoms with Gasteiger partial charge in [-0.2, -0.15) is 0 Å². The summed E-state index contributed by atoms with van der Waals surface area (Å²) in [4.78, 5) is 29.4. The molecule has 5 nitrogen and oxygen atoms in total. The highest BCUT2D eigenvalue weighted by molar-refractivity contribution is 6.35. The summed E-state index contributed by atoms with van der Waals surface area (Å²) in [5.74, 6) is -0.112. The maximum atomic E-state index is 12.9. The van der Waals surface area contributed by atoms with Gasteiger partial charge in [-0.05, 0) is 50.9 Å². The van der Waals surface area contributed by atoms with Gasteiger partial charge in [0.2, 0.25) is 5.91 Å². The molecule has 2 saturated heterocycles. The molecule has 0 aliphatic carbocycles. The van der Waals surface area contributed by atoms with Crippen LogP contribution in [0.2, 0.25) is 10.0 Å². The second-order valence-corrected chi connectivity index (χ2v) is 7.58. The number of halogens is 3. The molecule has 2 heterocycles. The number of carbonyl (C=O) groups is 2. The first kappa shape index (κ1) is 21.3. The van der Waals surface area contributed by atoms with Gasteiger partial charge in [0, 0.05) is 41.3 Å². The third kappa shape index (κ3) is 4.63. The van der Waals surface area contributed by atoms with Crippen molar-refractivity contribution in [2.75, 3.05) is 26.7 Å². The number of piperidine rings is 1. The fourth-order valence-corrected chi connectivity index (χ4v) is 4.23. The molecule has 0 spiro atoms. The summed E-state index contributed by atoms with van der Waals surface area (Å²) in [7, 11) is 1.95. The molecule has 2 fully saturated rings. The van der Waals surface area contributed by atoms with Gasteiger partial charge in [-0.3, -0.25) is 9.59 Å². The van der Waals surface area contributed by atoms with Crippen LogP contribution in [0.4, 0.5) is 0 Å². The molecular formula is C18H24Cl3N3O2. The number of likely N-dealkylation sites (tertiary alicyclic amines) is 2. The number of hydrogen-bond donors (Lipinski definition) is 1. The van der Waals surface area contributed by atoms with Crippen LogP contribution in [0.3, 0.4) is 0 Å². The predicted octanol–water partition coefficient (Wildman–Crippen LogP) is 3.23. The quantitative estimate of drug-likeness (QED) is 0.817. The summed E-state index contributed by atoms with van der Waals surface area (Å²) >= 11 is 12.0. The van der Waals surface area contributed by atoms with Gasteiger partial charge in [0.1, 0.15) is 6.04 Å². The fraction of sp³-hybridized carbons (Fsp3) is 0.556. The van der Waals surface area contributed by atoms with Crippen molar-refractivity contribution in [3.63, 3.8) is 0 Å². The molecule has 0 aromatic heterocycles. The van der Waals surface area contributed by atoms with Crippen molar-refractivity contribution in [2.24, 2.45) is 0 Å². The van der Waals surface area contributed by atoms with Crippen molar-refractivity contribution in [1.82, 2.24) is 15.1 Å². The van der Waals surface area contributed by atoms with Crippen LogP contribution in [0.1, 0.15) is 36.0 Å². The smallest absolute Gasteiger partial charge is 0.254 e. The van der Waals surface area contributed by atoms with Gasteiger partial charge in [0.15, 0.2) is 0 Å². The zero-order valence-corrected chi connectivity index (χ0v) is 17.0. The van der Waals surface area contributed by atoms with Crippen LogP contribution in [-0.4, -0.2) is 60.4 Å². The maximum absolute atomic E-state index is 12.9. The largest absolute Gasteiger partial charge is 0.341 e. The third-order valence-electron chi connectivity index (χ3n) is 5.12. The van der Waals surface area contributed by atoms with E-state index < -0.39 is 0 Å². The Labute approximate surface area is 170 Å². The molecule has 26 heavy (non-hydrogen) atoms. The van der Waals surface area contributed by atoms with Crippen LogP contribution >= 0.6 is 35.6 Å². The van der Waals surface area contributed by atoms with Crippen LogP contribution in [0.5, 0.6) is 0 Å². The van der Waals surface area contributed by atoms with Gasteiger partial charge >= 0.3 is 0 Å². The minimum absolute atomic E-state index is 0. The maximum Gasteiger partial charge on any atom is 0.254 e. The molecule has 3 rings (SSSR count). The molecule has 1 atom stereocenters. The summed E-state index contributed by atoms with van der Waals surface area (Å²) in [5.41, 5.74) is 0.436. The molecule has 2 amide bonds. The first-order chi connectivity index (χ1) is 12.0. The lowest BCUT2D eigenvalue weighted by Crippen LogP contribution is -2.51. The van der Waals surface area contributed by atoms with E-state index in [0.717, 1.165) is 32.4 Å². The van der Waals surface area contributed by atoms with Crippen molar-refractivity contribution < 1.29 is 9.59 Å². The summed E-state index contributed by atoms with van der Waals surface area (Å²) in [6.45, 7) is 2.07. The Balaban J connectivity index is 0.00000243. The van der Waals surface area contributed by atoms with E-state index in [1.165, 1.54) is 0 Å². The first-order valence-electron chi connectivity index (χ1n) is 8.72. The average molecular weight is 421 g/mol. The van der Waals surface area contributed by atoms with E-state index in [-0.39, 0.29) is 30.3 Å². The SMILES string of the molecule is CNC1CCN(C(=O)C2CCCN2C(=O)c2cc(Cl)cc(Cl)c2)CC1.Cl. The number of nitrogens with one attached hydrogen (secondary N) is 1. The molecule has 0 bridgehead atoms. The first-order valence-corrected chi connectivity index (χ1v) is 9.48. The number of nitrogens with zero attached hydrogens (tertiary/aromatic N) is 2. The van der Waals surface area contributed by atoms with E-state index in [9.17, 15) is 9.59 Å². The van der Waals surface area contributed by atoms with Crippen LogP contribution in [0.25, 0.3) is 0 Å². The Kier molecular flexibility index (Phi) is 7.59. The zero-order chi connectivity index (χ0) is 18.0. The molecule has 2 aliphatic rings. The Morgan fingerprint density at radius 1 is 1.04 bits per heavy atom. The standard InChI is InChI=1S/C18H23Cl2N3O2.ClH/c1-21-15-4-7-22(8-5-15)18(25)16-3-2-6-23(16)17(24)12-9-13(19)11-14(20)10-12;/h9-11,15-16,21H,2-8H2,1H3;1H. The highest BCUT2D eigenvalue weighted by atomic mass is 35.5. The van der Waals surface area contributed by atoms with Crippen molar-refractivity contribution in [3.8, 4) is 0 Å². The molecule has 1 unspecified atom stereocenters. The molecular weight excluding hydrogens is 397 g/mol. The van der Waals surface area contributed by atoms with Gasteiger partial charge in [-0.15, -0.1) is 12.4 Å². The van der Waals surface area contributed by atoms with Gasteiger partial charge in [0.25, 0.3) is 5.91 Å². The molecule has 2 aliphatic heterocycles. The van der Waals surface area contributed by atoms with E-state index >= 15 is 0 Å². The van der Waals surface area contributed by atoms with E-state index in [1.54, 1.807) is 23.1 Å². The molecule has 1 aromatic rings. The van der Waals surface area contributed by atoms with Crippen LogP contribution < -0.4 is 5.32 Å². The summed E-state index contributed by atoms with van der Waals surface area (Å²) in [6, 6.07) is 4.90. The molecule has 0 radical (unpaired) electrons. The zero-order valence-electron chi connectivity index (χ0n) is 14.7. The van der Waals surface area contributed by atoms with Crippen LogP contribution in [0, 0.1) is 0 Å². The number of carbonyl (C=O) groups excluding carboxylic acids is 2. The monoisotopic (exact) mass is 419 g/mol. The van der Waals surface area contributed by atoms with E-state index in [1.807, 2.05) is 11.9 Å². The Morgan fingerprint density at radius 3 is 2.23 bits per heavy atom. The highest BCUT2D eigenvalue weighted by Gasteiger charge is 2.37. The Bertz CT molecular complexity index is 643. The van der Waals surface area contributed by atoms with Crippen LogP contribution in [0.15, 0.2) is 18.2 Å². The molecule has 144 valence electrons. The average Bonchev–Trinajstić information content (AvgIpc) is 3.09. The molecule has 1 N–H and O–H groups in total. The van der Waals surface area contributed by atoms with E-state index in [0.29, 0.717) is 34.6 Å². The summed E-state index contributed by atoms with van der Waals surface area (Å²) in [6.07, 6.45) is 3.45. The topological polar surface area (TPSA) is 52.7 Å². The number of benzene rings is 1. The van der Waals surface area contributed by atoms with Gasteiger partial charge in [0.05, 0.1) is 0 Å².